The second-order valence-corrected chi connectivity index (χ2v) is 10.1. The molecule has 0 spiro atoms. The zero-order valence-corrected chi connectivity index (χ0v) is 21.1. The number of amides is 1. The predicted octanol–water partition coefficient (Wildman–Crippen LogP) is 4.67. The van der Waals surface area contributed by atoms with E-state index in [2.05, 4.69) is 0 Å². The van der Waals surface area contributed by atoms with Gasteiger partial charge in [-0.15, -0.1) is 0 Å². The maximum Gasteiger partial charge on any atom is 0.417 e. The molecule has 1 aliphatic carbocycles. The Morgan fingerprint density at radius 2 is 2.00 bits per heavy atom. The lowest BCUT2D eigenvalue weighted by Gasteiger charge is -2.36. The molecule has 4 rings (SSSR count). The highest BCUT2D eigenvalue weighted by Gasteiger charge is 2.52. The monoisotopic (exact) mass is 521 g/mol. The van der Waals surface area contributed by atoms with Crippen LogP contribution >= 0.6 is 12.2 Å². The van der Waals surface area contributed by atoms with Gasteiger partial charge in [-0.1, -0.05) is 6.08 Å². The molecule has 0 N–H and O–H groups in total. The van der Waals surface area contributed by atoms with Crippen LogP contribution < -0.4 is 4.90 Å². The number of alkyl halides is 3. The molecule has 1 aromatic carbocycles. The number of carbonyl (C=O) groups is 1. The third-order valence-corrected chi connectivity index (χ3v) is 6.67. The minimum Gasteiger partial charge on any atom is -0.491 e. The number of carbonyl (C=O) groups excluding carboxylic acids is 1. The highest BCUT2D eigenvalue weighted by molar-refractivity contribution is 7.80. The van der Waals surface area contributed by atoms with Crippen LogP contribution in [0.1, 0.15) is 45.2 Å². The Morgan fingerprint density at radius 1 is 1.28 bits per heavy atom. The van der Waals surface area contributed by atoms with Crippen LogP contribution in [-0.2, 0) is 25.2 Å². The van der Waals surface area contributed by atoms with Crippen molar-refractivity contribution in [3.05, 3.63) is 53.3 Å². The van der Waals surface area contributed by atoms with E-state index in [-0.39, 0.29) is 22.9 Å². The number of hydrogen-bond acceptors (Lipinski definition) is 6. The number of allylic oxidation sites excluding steroid dienone is 1. The smallest absolute Gasteiger partial charge is 0.417 e. The molecule has 0 saturated carbocycles. The van der Waals surface area contributed by atoms with Gasteiger partial charge < -0.3 is 19.1 Å². The Hall–Kier alpha value is -2.94. The molecule has 3 aliphatic rings. The summed E-state index contributed by atoms with van der Waals surface area (Å²) in [4.78, 5) is 16.2. The Bertz CT molecular complexity index is 1190. The van der Waals surface area contributed by atoms with Gasteiger partial charge in [0.15, 0.2) is 10.9 Å². The first-order chi connectivity index (χ1) is 16.7. The summed E-state index contributed by atoms with van der Waals surface area (Å²) < 4.78 is 57.6. The number of nitrogens with zero attached hydrogens (tertiary/aromatic N) is 3. The lowest BCUT2D eigenvalue weighted by molar-refractivity contribution is -0.143. The minimum atomic E-state index is -4.75. The molecule has 2 heterocycles. The molecule has 1 aromatic rings. The van der Waals surface area contributed by atoms with Gasteiger partial charge in [0, 0.05) is 0 Å². The van der Waals surface area contributed by atoms with Gasteiger partial charge in [-0.2, -0.15) is 18.4 Å². The van der Waals surface area contributed by atoms with E-state index in [0.29, 0.717) is 25.4 Å². The predicted molar refractivity (Wildman–Crippen MR) is 129 cm³/mol. The maximum atomic E-state index is 13.5. The summed E-state index contributed by atoms with van der Waals surface area (Å²) in [5, 5.41) is 9.17. The lowest BCUT2D eigenvalue weighted by atomic mass is 9.98. The molecule has 36 heavy (non-hydrogen) atoms. The van der Waals surface area contributed by atoms with Crippen molar-refractivity contribution in [2.24, 2.45) is 0 Å². The van der Waals surface area contributed by atoms with Crippen molar-refractivity contribution in [3.63, 3.8) is 0 Å². The Morgan fingerprint density at radius 3 is 2.56 bits per heavy atom. The lowest BCUT2D eigenvalue weighted by Crippen LogP contribution is -2.49. The molecule has 11 heteroatoms. The minimum absolute atomic E-state index is 0.0343. The summed E-state index contributed by atoms with van der Waals surface area (Å²) in [5.74, 6) is -0.445. The summed E-state index contributed by atoms with van der Waals surface area (Å²) >= 11 is 5.59. The van der Waals surface area contributed by atoms with Crippen LogP contribution in [-0.4, -0.2) is 52.6 Å². The number of hydrogen-bond donors (Lipinski definition) is 0. The van der Waals surface area contributed by atoms with Crippen LogP contribution in [0.3, 0.4) is 0 Å². The van der Waals surface area contributed by atoms with Crippen LogP contribution in [0, 0.1) is 11.3 Å². The summed E-state index contributed by atoms with van der Waals surface area (Å²) in [5.41, 5.74) is -2.78. The Balaban J connectivity index is 1.50. The molecule has 2 atom stereocenters. The first kappa shape index (κ1) is 26.1. The molecular formula is C25H26F3N3O4S. The number of benzene rings is 1. The molecule has 1 unspecified atom stereocenters. The van der Waals surface area contributed by atoms with Crippen LogP contribution in [0.5, 0.6) is 0 Å². The van der Waals surface area contributed by atoms with Crippen molar-refractivity contribution < 1.29 is 32.2 Å². The van der Waals surface area contributed by atoms with Gasteiger partial charge in [-0.05, 0) is 76.7 Å². The molecule has 1 amide bonds. The normalized spacial score (nSPS) is 25.2. The van der Waals surface area contributed by atoms with E-state index < -0.39 is 34.5 Å². The third kappa shape index (κ3) is 4.85. The SMILES string of the molecule is CC1(C)OC[C@H](COC2=CCC(N3C(=S)N(c4ccc(C#N)c(C(F)(F)F)c4)C(=O)C3(C)C)C=C2)O1. The van der Waals surface area contributed by atoms with Crippen molar-refractivity contribution in [1.82, 2.24) is 4.90 Å². The number of rotatable bonds is 5. The fourth-order valence-electron chi connectivity index (χ4n) is 4.52. The Kier molecular flexibility index (Phi) is 6.66. The van der Waals surface area contributed by atoms with Crippen molar-refractivity contribution in [2.45, 2.75) is 63.8 Å². The van der Waals surface area contributed by atoms with Gasteiger partial charge in [-0.25, -0.2) is 0 Å². The van der Waals surface area contributed by atoms with Crippen LogP contribution in [0.15, 0.2) is 42.2 Å². The van der Waals surface area contributed by atoms with Crippen LogP contribution in [0.2, 0.25) is 0 Å². The van der Waals surface area contributed by atoms with Gasteiger partial charge in [0.05, 0.1) is 35.5 Å². The molecule has 2 saturated heterocycles. The van der Waals surface area contributed by atoms with E-state index in [0.717, 1.165) is 17.0 Å². The average Bonchev–Trinajstić information content (AvgIpc) is 3.24. The molecule has 0 radical (unpaired) electrons. The number of thiocarbonyl (C=S) groups is 1. The van der Waals surface area contributed by atoms with Gasteiger partial charge in [0.25, 0.3) is 5.91 Å². The summed E-state index contributed by atoms with van der Waals surface area (Å²) in [6.07, 6.45) is 1.06. The average molecular weight is 522 g/mol. The zero-order valence-electron chi connectivity index (χ0n) is 20.3. The van der Waals surface area contributed by atoms with Gasteiger partial charge in [0.1, 0.15) is 24.0 Å². The van der Waals surface area contributed by atoms with Crippen molar-refractivity contribution in [2.75, 3.05) is 18.1 Å². The van der Waals surface area contributed by atoms with Crippen LogP contribution in [0.4, 0.5) is 18.9 Å². The summed E-state index contributed by atoms with van der Waals surface area (Å²) in [6, 6.07) is 4.39. The standard InChI is InChI=1S/C25H26F3N3O4S/c1-23(2)21(32)30(17-6-5-15(12-29)20(11-17)25(26,27)28)22(36)31(23)16-7-9-18(10-8-16)33-13-19-14-34-24(3,4)35-19/h5-7,9-11,16,19H,8,13-14H2,1-4H3/t16?,19-/m0/s1. The summed E-state index contributed by atoms with van der Waals surface area (Å²) in [6.45, 7) is 7.79. The van der Waals surface area contributed by atoms with Crippen LogP contribution in [0.25, 0.3) is 0 Å². The number of nitriles is 1. The third-order valence-electron chi connectivity index (χ3n) is 6.29. The molecule has 7 nitrogen and oxygen atoms in total. The fraction of sp³-hybridized carbons (Fsp3) is 0.480. The van der Waals surface area contributed by atoms with Gasteiger partial charge >= 0.3 is 6.18 Å². The second-order valence-electron chi connectivity index (χ2n) is 9.72. The number of ether oxygens (including phenoxy) is 3. The topological polar surface area (TPSA) is 75.0 Å². The summed E-state index contributed by atoms with van der Waals surface area (Å²) in [7, 11) is 0. The van der Waals surface area contributed by atoms with E-state index >= 15 is 0 Å². The molecule has 0 bridgehead atoms. The van der Waals surface area contributed by atoms with E-state index in [1.165, 1.54) is 6.07 Å². The Labute approximate surface area is 212 Å². The second kappa shape index (κ2) is 9.18. The fourth-order valence-corrected chi connectivity index (χ4v) is 5.07. The number of anilines is 1. The van der Waals surface area contributed by atoms with Crippen molar-refractivity contribution in [1.29, 1.82) is 5.26 Å². The van der Waals surface area contributed by atoms with Crippen molar-refractivity contribution >= 4 is 28.9 Å². The largest absolute Gasteiger partial charge is 0.491 e. The molecule has 192 valence electrons. The maximum absolute atomic E-state index is 13.5. The highest BCUT2D eigenvalue weighted by Crippen LogP contribution is 2.39. The first-order valence-electron chi connectivity index (χ1n) is 11.4. The van der Waals surface area contributed by atoms with E-state index in [4.69, 9.17) is 31.7 Å². The number of halogens is 3. The van der Waals surface area contributed by atoms with Crippen molar-refractivity contribution in [3.8, 4) is 6.07 Å². The molecular weight excluding hydrogens is 495 g/mol. The zero-order chi connectivity index (χ0) is 26.5. The van der Waals surface area contributed by atoms with E-state index in [9.17, 15) is 18.0 Å². The van der Waals surface area contributed by atoms with Gasteiger partial charge in [-0.3, -0.25) is 9.69 Å². The quantitative estimate of drug-likeness (QED) is 0.522. The molecule has 2 aliphatic heterocycles. The highest BCUT2D eigenvalue weighted by atomic mass is 32.1. The van der Waals surface area contributed by atoms with E-state index in [1.807, 2.05) is 26.0 Å². The first-order valence-corrected chi connectivity index (χ1v) is 11.8. The molecule has 0 aromatic heterocycles. The van der Waals surface area contributed by atoms with Gasteiger partial charge in [0.2, 0.25) is 0 Å². The van der Waals surface area contributed by atoms with E-state index in [1.54, 1.807) is 30.9 Å². The molecule has 2 fully saturated rings.